The molecule has 21 heavy (non-hydrogen) atoms. The van der Waals surface area contributed by atoms with Crippen LogP contribution in [-0.4, -0.2) is 75.5 Å². The molecular weight excluding hydrogens is 296 g/mol. The lowest BCUT2D eigenvalue weighted by Gasteiger charge is -2.35. The number of amides is 1. The minimum atomic E-state index is -3.35. The van der Waals surface area contributed by atoms with Crippen molar-refractivity contribution in [1.29, 1.82) is 0 Å². The molecule has 124 valence electrons. The van der Waals surface area contributed by atoms with E-state index in [-0.39, 0.29) is 12.7 Å². The molecule has 0 aromatic carbocycles. The van der Waals surface area contributed by atoms with Gasteiger partial charge in [0.15, 0.2) is 0 Å². The summed E-state index contributed by atoms with van der Waals surface area (Å²) in [5, 5.41) is 0. The highest BCUT2D eigenvalue weighted by Gasteiger charge is 2.25. The van der Waals surface area contributed by atoms with Gasteiger partial charge in [0.2, 0.25) is 0 Å². The standard InChI is InChI=1S/C13H26N2O5S/c1-13(2,3)20-12(16)15-9-7-14(8-10-15)6-5-11-19-21(4,17)18/h5-11H2,1-4H3. The third kappa shape index (κ3) is 8.23. The van der Waals surface area contributed by atoms with Crippen molar-refractivity contribution >= 4 is 16.2 Å². The van der Waals surface area contributed by atoms with Crippen molar-refractivity contribution < 1.29 is 22.1 Å². The number of hydrogen-bond donors (Lipinski definition) is 0. The SMILES string of the molecule is CC(C)(C)OC(=O)N1CCN(CCCOS(C)(=O)=O)CC1. The fourth-order valence-corrected chi connectivity index (χ4v) is 2.40. The van der Waals surface area contributed by atoms with E-state index in [2.05, 4.69) is 4.90 Å². The Bertz CT molecular complexity index is 436. The van der Waals surface area contributed by atoms with Crippen LogP contribution in [0.3, 0.4) is 0 Å². The van der Waals surface area contributed by atoms with Gasteiger partial charge in [0, 0.05) is 32.7 Å². The first-order chi connectivity index (χ1) is 9.57. The van der Waals surface area contributed by atoms with Gasteiger partial charge in [0.25, 0.3) is 10.1 Å². The first-order valence-electron chi connectivity index (χ1n) is 7.11. The van der Waals surface area contributed by atoms with Gasteiger partial charge in [-0.05, 0) is 27.2 Å². The Kier molecular flexibility index (Phi) is 6.42. The molecule has 0 saturated carbocycles. The zero-order chi connectivity index (χ0) is 16.1. The Morgan fingerprint density at radius 2 is 1.71 bits per heavy atom. The van der Waals surface area contributed by atoms with Gasteiger partial charge >= 0.3 is 6.09 Å². The largest absolute Gasteiger partial charge is 0.444 e. The monoisotopic (exact) mass is 322 g/mol. The molecule has 0 spiro atoms. The second-order valence-electron chi connectivity index (χ2n) is 6.19. The van der Waals surface area contributed by atoms with Crippen molar-refractivity contribution in [1.82, 2.24) is 9.80 Å². The normalized spacial score (nSPS) is 17.8. The van der Waals surface area contributed by atoms with E-state index in [1.807, 2.05) is 20.8 Å². The second-order valence-corrected chi connectivity index (χ2v) is 7.83. The van der Waals surface area contributed by atoms with E-state index in [4.69, 9.17) is 8.92 Å². The van der Waals surface area contributed by atoms with E-state index in [0.717, 1.165) is 25.9 Å². The van der Waals surface area contributed by atoms with Crippen LogP contribution in [0.4, 0.5) is 4.79 Å². The summed E-state index contributed by atoms with van der Waals surface area (Å²) < 4.78 is 31.7. The van der Waals surface area contributed by atoms with E-state index in [0.29, 0.717) is 19.5 Å². The molecule has 0 aromatic heterocycles. The van der Waals surface area contributed by atoms with E-state index in [1.54, 1.807) is 4.90 Å². The minimum Gasteiger partial charge on any atom is -0.444 e. The van der Waals surface area contributed by atoms with Crippen LogP contribution in [-0.2, 0) is 19.0 Å². The first kappa shape index (κ1) is 18.2. The lowest BCUT2D eigenvalue weighted by atomic mass is 10.2. The molecule has 1 rings (SSSR count). The molecule has 0 radical (unpaired) electrons. The Labute approximate surface area is 127 Å². The number of piperazine rings is 1. The Morgan fingerprint density at radius 1 is 1.14 bits per heavy atom. The lowest BCUT2D eigenvalue weighted by molar-refractivity contribution is 0.0142. The lowest BCUT2D eigenvalue weighted by Crippen LogP contribution is -2.50. The van der Waals surface area contributed by atoms with Crippen LogP contribution in [0.2, 0.25) is 0 Å². The summed E-state index contributed by atoms with van der Waals surface area (Å²) >= 11 is 0. The predicted molar refractivity (Wildman–Crippen MR) is 79.7 cm³/mol. The van der Waals surface area contributed by atoms with Gasteiger partial charge in [-0.15, -0.1) is 0 Å². The van der Waals surface area contributed by atoms with Gasteiger partial charge in [-0.25, -0.2) is 4.79 Å². The summed E-state index contributed by atoms with van der Waals surface area (Å²) in [6.07, 6.45) is 1.43. The van der Waals surface area contributed by atoms with Crippen LogP contribution < -0.4 is 0 Å². The number of nitrogens with zero attached hydrogens (tertiary/aromatic N) is 2. The Morgan fingerprint density at radius 3 is 2.19 bits per heavy atom. The van der Waals surface area contributed by atoms with Crippen molar-refractivity contribution in [2.24, 2.45) is 0 Å². The van der Waals surface area contributed by atoms with Gasteiger partial charge in [0.1, 0.15) is 5.60 Å². The Balaban J connectivity index is 2.22. The molecule has 8 heteroatoms. The van der Waals surface area contributed by atoms with E-state index < -0.39 is 15.7 Å². The van der Waals surface area contributed by atoms with Gasteiger partial charge in [-0.2, -0.15) is 8.42 Å². The van der Waals surface area contributed by atoms with Gasteiger partial charge in [-0.1, -0.05) is 0 Å². The van der Waals surface area contributed by atoms with Gasteiger partial charge in [0.05, 0.1) is 12.9 Å². The number of carbonyl (C=O) groups is 1. The summed E-state index contributed by atoms with van der Waals surface area (Å²) in [5.74, 6) is 0. The number of hydrogen-bond acceptors (Lipinski definition) is 6. The van der Waals surface area contributed by atoms with Crippen molar-refractivity contribution in [2.75, 3.05) is 45.6 Å². The number of ether oxygens (including phenoxy) is 1. The third-order valence-corrected chi connectivity index (χ3v) is 3.53. The molecule has 1 aliphatic heterocycles. The molecule has 1 aliphatic rings. The molecule has 1 saturated heterocycles. The molecule has 0 N–H and O–H groups in total. The summed E-state index contributed by atoms with van der Waals surface area (Å²) in [5.41, 5.74) is -0.475. The average Bonchev–Trinajstić information content (AvgIpc) is 2.32. The topological polar surface area (TPSA) is 76.2 Å². The second kappa shape index (κ2) is 7.42. The van der Waals surface area contributed by atoms with Crippen molar-refractivity contribution in [3.05, 3.63) is 0 Å². The highest BCUT2D eigenvalue weighted by molar-refractivity contribution is 7.85. The molecule has 1 amide bonds. The van der Waals surface area contributed by atoms with E-state index in [9.17, 15) is 13.2 Å². The highest BCUT2D eigenvalue weighted by atomic mass is 32.2. The highest BCUT2D eigenvalue weighted by Crippen LogP contribution is 2.12. The van der Waals surface area contributed by atoms with Crippen LogP contribution in [0.25, 0.3) is 0 Å². The molecule has 7 nitrogen and oxygen atoms in total. The minimum absolute atomic E-state index is 0.200. The summed E-state index contributed by atoms with van der Waals surface area (Å²) in [6.45, 7) is 9.29. The van der Waals surface area contributed by atoms with Crippen LogP contribution in [0.1, 0.15) is 27.2 Å². The third-order valence-electron chi connectivity index (χ3n) is 2.94. The Hall–Kier alpha value is -0.860. The first-order valence-corrected chi connectivity index (χ1v) is 8.93. The molecule has 0 bridgehead atoms. The quantitative estimate of drug-likeness (QED) is 0.553. The zero-order valence-corrected chi connectivity index (χ0v) is 14.1. The number of rotatable bonds is 5. The fourth-order valence-electron chi connectivity index (χ4n) is 1.98. The van der Waals surface area contributed by atoms with Crippen molar-refractivity contribution in [3.63, 3.8) is 0 Å². The van der Waals surface area contributed by atoms with Gasteiger partial charge in [-0.3, -0.25) is 9.08 Å². The van der Waals surface area contributed by atoms with Crippen molar-refractivity contribution in [2.45, 2.75) is 32.8 Å². The summed E-state index contributed by atoms with van der Waals surface area (Å²) in [7, 11) is -3.35. The van der Waals surface area contributed by atoms with Gasteiger partial charge < -0.3 is 9.64 Å². The summed E-state index contributed by atoms with van der Waals surface area (Å²) in [4.78, 5) is 15.8. The van der Waals surface area contributed by atoms with Crippen LogP contribution in [0.15, 0.2) is 0 Å². The molecule has 1 heterocycles. The maximum Gasteiger partial charge on any atom is 0.410 e. The number of carbonyl (C=O) groups excluding carboxylic acids is 1. The molecule has 0 aliphatic carbocycles. The molecular formula is C13H26N2O5S. The van der Waals surface area contributed by atoms with E-state index in [1.165, 1.54) is 0 Å². The maximum absolute atomic E-state index is 11.9. The summed E-state index contributed by atoms with van der Waals surface area (Å²) in [6, 6.07) is 0. The molecule has 0 aromatic rings. The van der Waals surface area contributed by atoms with E-state index >= 15 is 0 Å². The maximum atomic E-state index is 11.9. The predicted octanol–water partition coefficient (Wildman–Crippen LogP) is 0.905. The zero-order valence-electron chi connectivity index (χ0n) is 13.3. The van der Waals surface area contributed by atoms with Crippen LogP contribution in [0, 0.1) is 0 Å². The average molecular weight is 322 g/mol. The molecule has 0 unspecified atom stereocenters. The van der Waals surface area contributed by atoms with Crippen molar-refractivity contribution in [3.8, 4) is 0 Å². The smallest absolute Gasteiger partial charge is 0.410 e. The molecule has 0 atom stereocenters. The van der Waals surface area contributed by atoms with Crippen LogP contribution in [0.5, 0.6) is 0 Å². The fraction of sp³-hybridized carbons (Fsp3) is 0.923. The van der Waals surface area contributed by atoms with Crippen LogP contribution >= 0.6 is 0 Å². The molecule has 1 fully saturated rings.